The van der Waals surface area contributed by atoms with E-state index in [0.29, 0.717) is 16.8 Å². The smallest absolute Gasteiger partial charge is 0.171 e. The molecule has 0 saturated carbocycles. The maximum Gasteiger partial charge on any atom is 0.171 e. The topological polar surface area (TPSA) is 37.0 Å². The van der Waals surface area contributed by atoms with Gasteiger partial charge in [-0.15, -0.1) is 0 Å². The Balaban J connectivity index is 2.56. The molecule has 88 valence electrons. The third kappa shape index (κ3) is 4.76. The minimum Gasteiger partial charge on any atom is -0.362 e. The second-order valence-corrected chi connectivity index (χ2v) is 5.89. The van der Waals surface area contributed by atoms with Gasteiger partial charge in [-0.05, 0) is 56.1 Å². The molecule has 1 aromatic rings. The summed E-state index contributed by atoms with van der Waals surface area (Å²) in [4.78, 5) is 4.21. The van der Waals surface area contributed by atoms with Gasteiger partial charge in [0.15, 0.2) is 5.11 Å². The number of nitrogens with one attached hydrogen (secondary N) is 2. The number of pyridine rings is 1. The highest BCUT2D eigenvalue weighted by Crippen LogP contribution is 2.23. The van der Waals surface area contributed by atoms with Gasteiger partial charge in [0.25, 0.3) is 0 Å². The third-order valence-electron chi connectivity index (χ3n) is 1.71. The summed E-state index contributed by atoms with van der Waals surface area (Å²) >= 11 is 11.9. The fourth-order valence-electron chi connectivity index (χ4n) is 0.955. The fraction of sp³-hybridized carbons (Fsp3) is 0.400. The Morgan fingerprint density at radius 2 is 2.19 bits per heavy atom. The first-order valence-electron chi connectivity index (χ1n) is 4.85. The van der Waals surface area contributed by atoms with Crippen molar-refractivity contribution >= 4 is 55.0 Å². The Hall–Kier alpha value is -0.200. The number of hydrogen-bond donors (Lipinski definition) is 2. The van der Waals surface area contributed by atoms with Crippen LogP contribution in [0, 0.1) is 5.92 Å². The summed E-state index contributed by atoms with van der Waals surface area (Å²) in [5, 5.41) is 6.74. The Labute approximate surface area is 118 Å². The van der Waals surface area contributed by atoms with E-state index in [9.17, 15) is 0 Å². The number of aromatic nitrogens is 1. The summed E-state index contributed by atoms with van der Waals surface area (Å²) < 4.78 is 1.79. The average Bonchev–Trinajstić information content (AvgIpc) is 2.19. The zero-order chi connectivity index (χ0) is 12.1. The lowest BCUT2D eigenvalue weighted by molar-refractivity contribution is 0.627. The molecular formula is C10H13Br2N3S. The highest BCUT2D eigenvalue weighted by molar-refractivity contribution is 9.11. The largest absolute Gasteiger partial charge is 0.362 e. The molecule has 0 atom stereocenters. The predicted molar refractivity (Wildman–Crippen MR) is 78.7 cm³/mol. The molecule has 0 aliphatic heterocycles. The molecule has 2 N–H and O–H groups in total. The van der Waals surface area contributed by atoms with Crippen molar-refractivity contribution in [2.75, 3.05) is 11.9 Å². The molecule has 0 fully saturated rings. The molecule has 0 spiro atoms. The van der Waals surface area contributed by atoms with Crippen molar-refractivity contribution in [1.29, 1.82) is 0 Å². The number of rotatable bonds is 3. The van der Waals surface area contributed by atoms with Crippen molar-refractivity contribution in [1.82, 2.24) is 10.3 Å². The molecule has 0 amide bonds. The van der Waals surface area contributed by atoms with Crippen LogP contribution in [0.4, 0.5) is 5.82 Å². The molecule has 6 heteroatoms. The molecule has 1 heterocycles. The number of nitrogens with zero attached hydrogens (tertiary/aromatic N) is 1. The van der Waals surface area contributed by atoms with Crippen molar-refractivity contribution in [3.63, 3.8) is 0 Å². The van der Waals surface area contributed by atoms with Gasteiger partial charge >= 0.3 is 0 Å². The zero-order valence-corrected chi connectivity index (χ0v) is 13.0. The van der Waals surface area contributed by atoms with Crippen LogP contribution in [-0.4, -0.2) is 16.6 Å². The molecule has 0 radical (unpaired) electrons. The maximum absolute atomic E-state index is 5.15. The van der Waals surface area contributed by atoms with Crippen molar-refractivity contribution in [3.05, 3.63) is 21.2 Å². The highest BCUT2D eigenvalue weighted by Gasteiger charge is 2.04. The van der Waals surface area contributed by atoms with Crippen LogP contribution >= 0.6 is 44.1 Å². The molecular weight excluding hydrogens is 354 g/mol. The summed E-state index contributed by atoms with van der Waals surface area (Å²) in [6.45, 7) is 5.10. The van der Waals surface area contributed by atoms with Crippen molar-refractivity contribution in [2.24, 2.45) is 5.92 Å². The molecule has 0 aliphatic carbocycles. The zero-order valence-electron chi connectivity index (χ0n) is 9.05. The van der Waals surface area contributed by atoms with Crippen LogP contribution in [-0.2, 0) is 0 Å². The van der Waals surface area contributed by atoms with Crippen LogP contribution in [0.15, 0.2) is 21.2 Å². The highest BCUT2D eigenvalue weighted by atomic mass is 79.9. The van der Waals surface area contributed by atoms with E-state index in [1.54, 1.807) is 6.20 Å². The van der Waals surface area contributed by atoms with Crippen molar-refractivity contribution in [3.8, 4) is 0 Å². The minimum absolute atomic E-state index is 0.557. The van der Waals surface area contributed by atoms with E-state index in [1.165, 1.54) is 0 Å². The monoisotopic (exact) mass is 365 g/mol. The summed E-state index contributed by atoms with van der Waals surface area (Å²) in [5.41, 5.74) is 0. The fourth-order valence-corrected chi connectivity index (χ4v) is 2.22. The Bertz CT molecular complexity index is 382. The predicted octanol–water partition coefficient (Wildman–Crippen LogP) is 3.55. The van der Waals surface area contributed by atoms with E-state index in [-0.39, 0.29) is 0 Å². The molecule has 0 aromatic carbocycles. The van der Waals surface area contributed by atoms with Crippen molar-refractivity contribution < 1.29 is 0 Å². The van der Waals surface area contributed by atoms with E-state index >= 15 is 0 Å². The van der Waals surface area contributed by atoms with Gasteiger partial charge < -0.3 is 10.6 Å². The molecule has 0 bridgehead atoms. The Morgan fingerprint density at radius 3 is 2.75 bits per heavy atom. The first kappa shape index (κ1) is 13.9. The third-order valence-corrected chi connectivity index (χ3v) is 3.00. The molecule has 3 nitrogen and oxygen atoms in total. The van der Waals surface area contributed by atoms with E-state index in [4.69, 9.17) is 12.2 Å². The number of hydrogen-bond acceptors (Lipinski definition) is 2. The van der Waals surface area contributed by atoms with Crippen LogP contribution in [0.25, 0.3) is 0 Å². The van der Waals surface area contributed by atoms with Gasteiger partial charge in [-0.3, -0.25) is 0 Å². The van der Waals surface area contributed by atoms with Gasteiger partial charge in [0.2, 0.25) is 0 Å². The summed E-state index contributed by atoms with van der Waals surface area (Å²) in [5.74, 6) is 1.27. The Morgan fingerprint density at radius 1 is 1.50 bits per heavy atom. The van der Waals surface area contributed by atoms with Gasteiger partial charge in [-0.2, -0.15) is 0 Å². The first-order valence-corrected chi connectivity index (χ1v) is 6.84. The normalized spacial score (nSPS) is 10.3. The van der Waals surface area contributed by atoms with Crippen molar-refractivity contribution in [2.45, 2.75) is 13.8 Å². The van der Waals surface area contributed by atoms with E-state index in [0.717, 1.165) is 15.5 Å². The quantitative estimate of drug-likeness (QED) is 0.802. The molecule has 0 unspecified atom stereocenters. The van der Waals surface area contributed by atoms with E-state index in [2.05, 4.69) is 61.3 Å². The van der Waals surface area contributed by atoms with Gasteiger partial charge in [0.05, 0.1) is 4.47 Å². The molecule has 0 saturated heterocycles. The molecule has 1 rings (SSSR count). The minimum atomic E-state index is 0.557. The van der Waals surface area contributed by atoms with Crippen LogP contribution in [0.1, 0.15) is 13.8 Å². The molecule has 0 aliphatic rings. The molecule has 1 aromatic heterocycles. The summed E-state index contributed by atoms with van der Waals surface area (Å²) in [7, 11) is 0. The summed E-state index contributed by atoms with van der Waals surface area (Å²) in [6, 6.07) is 1.92. The van der Waals surface area contributed by atoms with E-state index < -0.39 is 0 Å². The average molecular weight is 367 g/mol. The SMILES string of the molecule is CC(C)CNC(=S)Nc1ncc(Br)cc1Br. The Kier molecular flexibility index (Phi) is 5.64. The number of halogens is 2. The standard InChI is InChI=1S/C10H13Br2N3S/c1-6(2)4-14-10(16)15-9-8(12)3-7(11)5-13-9/h3,5-6H,4H2,1-2H3,(H2,13,14,15,16). The number of anilines is 1. The van der Waals surface area contributed by atoms with Gasteiger partial charge in [0, 0.05) is 17.2 Å². The van der Waals surface area contributed by atoms with Crippen LogP contribution in [0.5, 0.6) is 0 Å². The molecule has 16 heavy (non-hydrogen) atoms. The second kappa shape index (κ2) is 6.51. The van der Waals surface area contributed by atoms with Crippen LogP contribution in [0.3, 0.4) is 0 Å². The van der Waals surface area contributed by atoms with Gasteiger partial charge in [0.1, 0.15) is 5.82 Å². The van der Waals surface area contributed by atoms with Gasteiger partial charge in [-0.1, -0.05) is 13.8 Å². The van der Waals surface area contributed by atoms with Crippen LogP contribution in [0.2, 0.25) is 0 Å². The lowest BCUT2D eigenvalue weighted by Crippen LogP contribution is -2.31. The maximum atomic E-state index is 5.15. The number of thiocarbonyl (C=S) groups is 1. The first-order chi connectivity index (χ1) is 7.49. The van der Waals surface area contributed by atoms with Crippen LogP contribution < -0.4 is 10.6 Å². The summed E-state index contributed by atoms with van der Waals surface area (Å²) in [6.07, 6.45) is 1.72. The van der Waals surface area contributed by atoms with Gasteiger partial charge in [-0.25, -0.2) is 4.98 Å². The second-order valence-electron chi connectivity index (χ2n) is 3.71. The lowest BCUT2D eigenvalue weighted by atomic mass is 10.2. The lowest BCUT2D eigenvalue weighted by Gasteiger charge is -2.12. The van der Waals surface area contributed by atoms with E-state index in [1.807, 2.05) is 6.07 Å².